The fourth-order valence-electron chi connectivity index (χ4n) is 2.12. The van der Waals surface area contributed by atoms with Gasteiger partial charge in [0.1, 0.15) is 5.54 Å². The van der Waals surface area contributed by atoms with Crippen molar-refractivity contribution in [3.63, 3.8) is 0 Å². The average Bonchev–Trinajstić information content (AvgIpc) is 2.70. The lowest BCUT2D eigenvalue weighted by Gasteiger charge is -2.35. The molecule has 1 aromatic rings. The zero-order valence-electron chi connectivity index (χ0n) is 8.69. The van der Waals surface area contributed by atoms with Gasteiger partial charge in [0.05, 0.1) is 0 Å². The van der Waals surface area contributed by atoms with Gasteiger partial charge in [0.15, 0.2) is 0 Å². The van der Waals surface area contributed by atoms with Gasteiger partial charge < -0.3 is 10.4 Å². The lowest BCUT2D eigenvalue weighted by atomic mass is 9.82. The number of hydrogen-bond donors (Lipinski definition) is 2. The Labute approximate surface area is 93.1 Å². The molecule has 3 nitrogen and oxygen atoms in total. The predicted molar refractivity (Wildman–Crippen MR) is 60.3 cm³/mol. The quantitative estimate of drug-likeness (QED) is 0.810. The molecule has 2 rings (SSSR count). The number of rotatable bonds is 2. The van der Waals surface area contributed by atoms with Crippen molar-refractivity contribution in [3.05, 3.63) is 22.4 Å². The summed E-state index contributed by atoms with van der Waals surface area (Å²) < 4.78 is 0. The molecule has 2 heterocycles. The van der Waals surface area contributed by atoms with Crippen LogP contribution >= 0.6 is 11.3 Å². The maximum absolute atomic E-state index is 11.1. The molecule has 4 heteroatoms. The normalized spacial score (nSPS) is 31.4. The molecule has 1 fully saturated rings. The third kappa shape index (κ3) is 2.06. The first kappa shape index (κ1) is 10.6. The minimum Gasteiger partial charge on any atom is -0.480 e. The third-order valence-electron chi connectivity index (χ3n) is 3.08. The van der Waals surface area contributed by atoms with E-state index in [1.807, 2.05) is 6.07 Å². The second kappa shape index (κ2) is 3.94. The highest BCUT2D eigenvalue weighted by atomic mass is 32.1. The molecular formula is C11H15NO2S. The molecule has 1 saturated heterocycles. The molecule has 0 saturated carbocycles. The fraction of sp³-hybridized carbons (Fsp3) is 0.545. The van der Waals surface area contributed by atoms with Gasteiger partial charge in [0.2, 0.25) is 0 Å². The molecule has 0 aromatic carbocycles. The molecule has 0 amide bonds. The smallest absolute Gasteiger partial charge is 0.323 e. The summed E-state index contributed by atoms with van der Waals surface area (Å²) in [5.41, 5.74) is -0.757. The summed E-state index contributed by atoms with van der Waals surface area (Å²) >= 11 is 1.72. The Morgan fingerprint density at radius 2 is 2.53 bits per heavy atom. The maximum atomic E-state index is 11.1. The van der Waals surface area contributed by atoms with Crippen LogP contribution in [0.15, 0.2) is 17.5 Å². The molecule has 1 aliphatic heterocycles. The van der Waals surface area contributed by atoms with Gasteiger partial charge in [-0.3, -0.25) is 4.79 Å². The van der Waals surface area contributed by atoms with Crippen LogP contribution in [-0.4, -0.2) is 23.2 Å². The Kier molecular flexibility index (Phi) is 2.80. The topological polar surface area (TPSA) is 49.3 Å². The van der Waals surface area contributed by atoms with Crippen molar-refractivity contribution in [3.8, 4) is 0 Å². The molecule has 15 heavy (non-hydrogen) atoms. The van der Waals surface area contributed by atoms with E-state index in [1.54, 1.807) is 18.3 Å². The van der Waals surface area contributed by atoms with Gasteiger partial charge in [-0.2, -0.15) is 0 Å². The van der Waals surface area contributed by atoms with E-state index in [0.717, 1.165) is 13.0 Å². The van der Waals surface area contributed by atoms with E-state index in [-0.39, 0.29) is 0 Å². The van der Waals surface area contributed by atoms with Crippen molar-refractivity contribution in [1.29, 1.82) is 0 Å². The van der Waals surface area contributed by atoms with E-state index in [0.29, 0.717) is 12.3 Å². The monoisotopic (exact) mass is 225 g/mol. The lowest BCUT2D eigenvalue weighted by Crippen LogP contribution is -2.53. The minimum atomic E-state index is -0.757. The predicted octanol–water partition coefficient (Wildman–Crippen LogP) is 2.06. The highest BCUT2D eigenvalue weighted by Crippen LogP contribution is 2.34. The molecule has 1 aromatic heterocycles. The van der Waals surface area contributed by atoms with Gasteiger partial charge in [-0.05, 0) is 43.7 Å². The molecule has 82 valence electrons. The molecule has 0 aliphatic carbocycles. The van der Waals surface area contributed by atoms with Crippen molar-refractivity contribution >= 4 is 17.3 Å². The Morgan fingerprint density at radius 3 is 3.13 bits per heavy atom. The van der Waals surface area contributed by atoms with E-state index in [2.05, 4.69) is 16.8 Å². The summed E-state index contributed by atoms with van der Waals surface area (Å²) in [6, 6.07) is 4.13. The van der Waals surface area contributed by atoms with Crippen LogP contribution in [0.1, 0.15) is 30.6 Å². The Balaban J connectivity index is 2.14. The summed E-state index contributed by atoms with van der Waals surface area (Å²) in [6.45, 7) is 2.56. The number of hydrogen-bond acceptors (Lipinski definition) is 3. The summed E-state index contributed by atoms with van der Waals surface area (Å²) in [7, 11) is 0. The number of carbonyl (C=O) groups is 1. The van der Waals surface area contributed by atoms with Gasteiger partial charge in [-0.1, -0.05) is 6.07 Å². The number of thiophene rings is 1. The van der Waals surface area contributed by atoms with Gasteiger partial charge >= 0.3 is 5.97 Å². The molecule has 2 atom stereocenters. The highest BCUT2D eigenvalue weighted by molar-refractivity contribution is 7.10. The van der Waals surface area contributed by atoms with E-state index in [9.17, 15) is 4.79 Å². The maximum Gasteiger partial charge on any atom is 0.323 e. The molecule has 1 aliphatic rings. The molecule has 0 spiro atoms. The number of nitrogens with one attached hydrogen (secondary N) is 1. The van der Waals surface area contributed by atoms with Crippen molar-refractivity contribution in [1.82, 2.24) is 5.32 Å². The third-order valence-corrected chi connectivity index (χ3v) is 4.11. The van der Waals surface area contributed by atoms with Crippen LogP contribution in [-0.2, 0) is 4.79 Å². The Morgan fingerprint density at radius 1 is 1.73 bits per heavy atom. The van der Waals surface area contributed by atoms with Crippen LogP contribution in [0.25, 0.3) is 0 Å². The Bertz CT molecular complexity index is 349. The number of piperidine rings is 1. The second-order valence-corrected chi connectivity index (χ2v) is 5.25. The zero-order valence-corrected chi connectivity index (χ0v) is 9.51. The van der Waals surface area contributed by atoms with Crippen molar-refractivity contribution in [2.75, 3.05) is 6.54 Å². The molecule has 0 radical (unpaired) electrons. The van der Waals surface area contributed by atoms with Crippen LogP contribution in [0.4, 0.5) is 0 Å². The molecule has 2 N–H and O–H groups in total. The fourth-order valence-corrected chi connectivity index (χ4v) is 2.98. The Hall–Kier alpha value is -0.870. The van der Waals surface area contributed by atoms with Crippen LogP contribution < -0.4 is 5.32 Å². The summed E-state index contributed by atoms with van der Waals surface area (Å²) in [6.07, 6.45) is 1.71. The number of carboxylic acids is 1. The van der Waals surface area contributed by atoms with Crippen molar-refractivity contribution < 1.29 is 9.90 Å². The largest absolute Gasteiger partial charge is 0.480 e. The first-order valence-corrected chi connectivity index (χ1v) is 6.01. The van der Waals surface area contributed by atoms with Crippen LogP contribution in [0.5, 0.6) is 0 Å². The summed E-state index contributed by atoms with van der Waals surface area (Å²) in [5.74, 6) is -0.351. The molecular weight excluding hydrogens is 210 g/mol. The van der Waals surface area contributed by atoms with E-state index >= 15 is 0 Å². The summed E-state index contributed by atoms with van der Waals surface area (Å²) in [5, 5.41) is 14.3. The first-order valence-electron chi connectivity index (χ1n) is 5.14. The van der Waals surface area contributed by atoms with Gasteiger partial charge in [-0.25, -0.2) is 0 Å². The van der Waals surface area contributed by atoms with Crippen molar-refractivity contribution in [2.45, 2.75) is 31.2 Å². The van der Waals surface area contributed by atoms with Gasteiger partial charge in [0, 0.05) is 4.88 Å². The number of carboxylic acid groups (broad SMARTS) is 1. The molecule has 2 unspecified atom stereocenters. The highest BCUT2D eigenvalue weighted by Gasteiger charge is 2.38. The van der Waals surface area contributed by atoms with E-state index < -0.39 is 11.5 Å². The number of aliphatic carboxylic acids is 1. The molecule has 0 bridgehead atoms. The van der Waals surface area contributed by atoms with E-state index in [1.165, 1.54) is 4.88 Å². The van der Waals surface area contributed by atoms with Gasteiger partial charge in [-0.15, -0.1) is 11.3 Å². The lowest BCUT2D eigenvalue weighted by molar-refractivity contribution is -0.145. The SMILES string of the molecule is CC1(C(=O)O)CC(c2cccs2)CCN1. The second-order valence-electron chi connectivity index (χ2n) is 4.27. The van der Waals surface area contributed by atoms with E-state index in [4.69, 9.17) is 5.11 Å². The standard InChI is InChI=1S/C11H15NO2S/c1-11(10(13)14)7-8(4-5-12-11)9-3-2-6-15-9/h2-3,6,8,12H,4-5,7H2,1H3,(H,13,14). The average molecular weight is 225 g/mol. The van der Waals surface area contributed by atoms with Crippen LogP contribution in [0.3, 0.4) is 0 Å². The van der Waals surface area contributed by atoms with Gasteiger partial charge in [0.25, 0.3) is 0 Å². The van der Waals surface area contributed by atoms with Crippen LogP contribution in [0, 0.1) is 0 Å². The first-order chi connectivity index (χ1) is 7.12. The minimum absolute atomic E-state index is 0.396. The zero-order chi connectivity index (χ0) is 10.9. The van der Waals surface area contributed by atoms with Crippen LogP contribution in [0.2, 0.25) is 0 Å². The summed E-state index contributed by atoms with van der Waals surface area (Å²) in [4.78, 5) is 12.4. The van der Waals surface area contributed by atoms with Crippen molar-refractivity contribution in [2.24, 2.45) is 0 Å².